The van der Waals surface area contributed by atoms with Gasteiger partial charge in [-0.2, -0.15) is 0 Å². The van der Waals surface area contributed by atoms with Gasteiger partial charge in [-0.15, -0.1) is 0 Å². The molecule has 0 radical (unpaired) electrons. The van der Waals surface area contributed by atoms with E-state index in [9.17, 15) is 9.59 Å². The van der Waals surface area contributed by atoms with Crippen LogP contribution in [0.2, 0.25) is 0 Å². The SMILES string of the molecule is Cc1ccc(NC(=O)C2CCCC2)cc1NC(=O)c1cccc2nccnc12. The topological polar surface area (TPSA) is 84.0 Å². The molecule has 142 valence electrons. The van der Waals surface area contributed by atoms with Crippen molar-refractivity contribution in [1.82, 2.24) is 9.97 Å². The van der Waals surface area contributed by atoms with Crippen LogP contribution in [0.1, 0.15) is 41.6 Å². The van der Waals surface area contributed by atoms with Crippen LogP contribution in [-0.2, 0) is 4.79 Å². The van der Waals surface area contributed by atoms with Gasteiger partial charge in [0, 0.05) is 29.7 Å². The lowest BCUT2D eigenvalue weighted by Gasteiger charge is -2.14. The van der Waals surface area contributed by atoms with E-state index in [0.29, 0.717) is 28.0 Å². The molecule has 1 aromatic heterocycles. The summed E-state index contributed by atoms with van der Waals surface area (Å²) >= 11 is 0. The molecule has 0 atom stereocenters. The van der Waals surface area contributed by atoms with E-state index in [1.807, 2.05) is 25.1 Å². The lowest BCUT2D eigenvalue weighted by atomic mass is 10.1. The Morgan fingerprint density at radius 3 is 2.61 bits per heavy atom. The second kappa shape index (κ2) is 7.76. The fraction of sp³-hybridized carbons (Fsp3) is 0.273. The predicted octanol–water partition coefficient (Wildman–Crippen LogP) is 4.32. The highest BCUT2D eigenvalue weighted by Gasteiger charge is 2.22. The summed E-state index contributed by atoms with van der Waals surface area (Å²) in [5.74, 6) is -0.106. The Kier molecular flexibility index (Phi) is 5.02. The number of amides is 2. The van der Waals surface area contributed by atoms with Gasteiger partial charge in [-0.3, -0.25) is 19.6 Å². The monoisotopic (exact) mass is 374 g/mol. The smallest absolute Gasteiger partial charge is 0.257 e. The molecule has 2 amide bonds. The minimum atomic E-state index is -0.256. The first-order chi connectivity index (χ1) is 13.6. The summed E-state index contributed by atoms with van der Waals surface area (Å²) in [4.78, 5) is 33.8. The quantitative estimate of drug-likeness (QED) is 0.712. The van der Waals surface area contributed by atoms with Crippen LogP contribution in [0.25, 0.3) is 11.0 Å². The van der Waals surface area contributed by atoms with E-state index in [0.717, 1.165) is 31.2 Å². The Morgan fingerprint density at radius 2 is 1.79 bits per heavy atom. The number of carbonyl (C=O) groups is 2. The van der Waals surface area contributed by atoms with E-state index in [1.165, 1.54) is 0 Å². The van der Waals surface area contributed by atoms with E-state index in [4.69, 9.17) is 0 Å². The van der Waals surface area contributed by atoms with Crippen molar-refractivity contribution >= 4 is 34.2 Å². The van der Waals surface area contributed by atoms with Gasteiger partial charge in [0.05, 0.1) is 11.1 Å². The standard InChI is InChI=1S/C22H22N4O2/c1-14-9-10-16(25-21(27)15-5-2-3-6-15)13-19(14)26-22(28)17-7-4-8-18-20(17)24-12-11-23-18/h4,7-13,15H,2-3,5-6H2,1H3,(H,25,27)(H,26,28). The molecule has 0 aliphatic heterocycles. The summed E-state index contributed by atoms with van der Waals surface area (Å²) in [6, 6.07) is 10.9. The largest absolute Gasteiger partial charge is 0.326 e. The molecular formula is C22H22N4O2. The number of nitrogens with one attached hydrogen (secondary N) is 2. The van der Waals surface area contributed by atoms with Gasteiger partial charge in [-0.25, -0.2) is 0 Å². The van der Waals surface area contributed by atoms with Gasteiger partial charge in [0.2, 0.25) is 5.91 Å². The van der Waals surface area contributed by atoms with Crippen LogP contribution in [0, 0.1) is 12.8 Å². The number of fused-ring (bicyclic) bond motifs is 1. The third-order valence-corrected chi connectivity index (χ3v) is 5.22. The molecule has 0 bridgehead atoms. The van der Waals surface area contributed by atoms with Crippen LogP contribution < -0.4 is 10.6 Å². The Bertz CT molecular complexity index is 1040. The average Bonchev–Trinajstić information content (AvgIpc) is 3.25. The molecule has 1 aliphatic rings. The number of aryl methyl sites for hydroxylation is 1. The van der Waals surface area contributed by atoms with Crippen LogP contribution in [0.5, 0.6) is 0 Å². The molecule has 2 aromatic carbocycles. The van der Waals surface area contributed by atoms with Gasteiger partial charge < -0.3 is 10.6 Å². The summed E-state index contributed by atoms with van der Waals surface area (Å²) in [6.45, 7) is 1.92. The molecule has 0 unspecified atom stereocenters. The first kappa shape index (κ1) is 18.1. The number of aromatic nitrogens is 2. The maximum Gasteiger partial charge on any atom is 0.257 e. The number of hydrogen-bond acceptors (Lipinski definition) is 4. The number of para-hydroxylation sites is 1. The van der Waals surface area contributed by atoms with Gasteiger partial charge in [0.1, 0.15) is 5.52 Å². The zero-order valence-electron chi connectivity index (χ0n) is 15.7. The van der Waals surface area contributed by atoms with Gasteiger partial charge in [0.25, 0.3) is 5.91 Å². The molecule has 1 saturated carbocycles. The minimum Gasteiger partial charge on any atom is -0.326 e. The highest BCUT2D eigenvalue weighted by atomic mass is 16.2. The molecule has 1 fully saturated rings. The van der Waals surface area contributed by atoms with Crippen LogP contribution >= 0.6 is 0 Å². The number of hydrogen-bond donors (Lipinski definition) is 2. The van der Waals surface area contributed by atoms with Gasteiger partial charge in [-0.1, -0.05) is 25.0 Å². The lowest BCUT2D eigenvalue weighted by Crippen LogP contribution is -2.20. The second-order valence-corrected chi connectivity index (χ2v) is 7.18. The van der Waals surface area contributed by atoms with Crippen molar-refractivity contribution in [2.24, 2.45) is 5.92 Å². The summed E-state index contributed by atoms with van der Waals surface area (Å²) in [5.41, 5.74) is 3.96. The molecule has 28 heavy (non-hydrogen) atoms. The maximum atomic E-state index is 12.9. The van der Waals surface area contributed by atoms with E-state index < -0.39 is 0 Å². The Labute approximate surface area is 163 Å². The molecule has 3 aromatic rings. The molecule has 4 rings (SSSR count). The fourth-order valence-electron chi connectivity index (χ4n) is 3.63. The van der Waals surface area contributed by atoms with Crippen LogP contribution in [-0.4, -0.2) is 21.8 Å². The molecule has 6 nitrogen and oxygen atoms in total. The number of benzene rings is 2. The average molecular weight is 374 g/mol. The van der Waals surface area contributed by atoms with Gasteiger partial charge in [-0.05, 0) is 49.6 Å². The summed E-state index contributed by atoms with van der Waals surface area (Å²) < 4.78 is 0. The third kappa shape index (κ3) is 3.71. The summed E-state index contributed by atoms with van der Waals surface area (Å²) in [5, 5.41) is 5.93. The van der Waals surface area contributed by atoms with E-state index in [2.05, 4.69) is 20.6 Å². The normalized spacial score (nSPS) is 14.2. The molecule has 0 spiro atoms. The fourth-order valence-corrected chi connectivity index (χ4v) is 3.63. The molecule has 1 aliphatic carbocycles. The molecule has 1 heterocycles. The van der Waals surface area contributed by atoms with Crippen LogP contribution in [0.15, 0.2) is 48.8 Å². The van der Waals surface area contributed by atoms with E-state index in [-0.39, 0.29) is 17.7 Å². The number of nitrogens with zero attached hydrogens (tertiary/aromatic N) is 2. The highest BCUT2D eigenvalue weighted by molar-refractivity contribution is 6.11. The van der Waals surface area contributed by atoms with Gasteiger partial charge >= 0.3 is 0 Å². The number of rotatable bonds is 4. The van der Waals surface area contributed by atoms with Crippen molar-refractivity contribution in [3.8, 4) is 0 Å². The van der Waals surface area contributed by atoms with Crippen molar-refractivity contribution in [1.29, 1.82) is 0 Å². The molecule has 0 saturated heterocycles. The predicted molar refractivity (Wildman–Crippen MR) is 109 cm³/mol. The van der Waals surface area contributed by atoms with Crippen LogP contribution in [0.3, 0.4) is 0 Å². The van der Waals surface area contributed by atoms with E-state index >= 15 is 0 Å². The Hall–Kier alpha value is -3.28. The van der Waals surface area contributed by atoms with E-state index in [1.54, 1.807) is 30.6 Å². The zero-order chi connectivity index (χ0) is 19.5. The Balaban J connectivity index is 1.55. The van der Waals surface area contributed by atoms with Crippen LogP contribution in [0.4, 0.5) is 11.4 Å². The number of anilines is 2. The Morgan fingerprint density at radius 1 is 1.00 bits per heavy atom. The van der Waals surface area contributed by atoms with Gasteiger partial charge in [0.15, 0.2) is 0 Å². The summed E-state index contributed by atoms with van der Waals surface area (Å²) in [7, 11) is 0. The van der Waals surface area contributed by atoms with Crippen molar-refractivity contribution < 1.29 is 9.59 Å². The molecule has 2 N–H and O–H groups in total. The minimum absolute atomic E-state index is 0.0583. The van der Waals surface area contributed by atoms with Crippen molar-refractivity contribution in [2.45, 2.75) is 32.6 Å². The van der Waals surface area contributed by atoms with Crippen molar-refractivity contribution in [3.05, 3.63) is 59.9 Å². The first-order valence-electron chi connectivity index (χ1n) is 9.54. The molecule has 6 heteroatoms. The second-order valence-electron chi connectivity index (χ2n) is 7.18. The lowest BCUT2D eigenvalue weighted by molar-refractivity contribution is -0.119. The maximum absolute atomic E-state index is 12.9. The van der Waals surface area contributed by atoms with Crippen molar-refractivity contribution in [2.75, 3.05) is 10.6 Å². The highest BCUT2D eigenvalue weighted by Crippen LogP contribution is 2.27. The zero-order valence-corrected chi connectivity index (χ0v) is 15.7. The number of carbonyl (C=O) groups excluding carboxylic acids is 2. The first-order valence-corrected chi connectivity index (χ1v) is 9.54. The summed E-state index contributed by atoms with van der Waals surface area (Å²) in [6.07, 6.45) is 7.30. The van der Waals surface area contributed by atoms with Crippen molar-refractivity contribution in [3.63, 3.8) is 0 Å². The third-order valence-electron chi connectivity index (χ3n) is 5.22. The molecular weight excluding hydrogens is 352 g/mol.